The molecule has 0 unspecified atom stereocenters. The first-order valence-electron chi connectivity index (χ1n) is 11.3. The fraction of sp³-hybridized carbons (Fsp3) is 0.440. The van der Waals surface area contributed by atoms with Gasteiger partial charge < -0.3 is 10.2 Å². The summed E-state index contributed by atoms with van der Waals surface area (Å²) in [4.78, 5) is 27.4. The first-order valence-corrected chi connectivity index (χ1v) is 13.1. The zero-order valence-electron chi connectivity index (χ0n) is 20.4. The monoisotopic (exact) mass is 491 g/mol. The molecule has 186 valence electrons. The first-order chi connectivity index (χ1) is 15.9. The third kappa shape index (κ3) is 7.83. The predicted molar refractivity (Wildman–Crippen MR) is 132 cm³/mol. The van der Waals surface area contributed by atoms with Crippen LogP contribution in [0.15, 0.2) is 48.5 Å². The molecule has 0 saturated heterocycles. The second-order valence-corrected chi connectivity index (χ2v) is 10.6. The van der Waals surface area contributed by atoms with Crippen molar-refractivity contribution in [3.05, 3.63) is 65.5 Å². The molecule has 0 saturated carbocycles. The molecule has 0 aliphatic carbocycles. The van der Waals surface area contributed by atoms with E-state index in [4.69, 9.17) is 0 Å². The van der Waals surface area contributed by atoms with Crippen LogP contribution in [-0.2, 0) is 26.2 Å². The van der Waals surface area contributed by atoms with Crippen LogP contribution in [0.3, 0.4) is 0 Å². The minimum Gasteiger partial charge on any atom is -0.352 e. The standard InChI is InChI=1S/C25H34FN3O4S/c1-18(2)27-25(31)20(4)28(17-21-11-8-10-19(3)16-21)24(30)14-9-15-29(34(5,32)33)23-13-7-6-12-22(23)26/h6-8,10-13,16,18,20H,9,14-15,17H2,1-5H3,(H,27,31)/t20-/m1/s1. The third-order valence-electron chi connectivity index (χ3n) is 5.31. The van der Waals surface area contributed by atoms with Crippen LogP contribution in [0.2, 0.25) is 0 Å². The maximum absolute atomic E-state index is 14.2. The van der Waals surface area contributed by atoms with Gasteiger partial charge in [-0.1, -0.05) is 42.0 Å². The second kappa shape index (κ2) is 12.0. The van der Waals surface area contributed by atoms with Crippen molar-refractivity contribution in [2.24, 2.45) is 0 Å². The normalized spacial score (nSPS) is 12.3. The van der Waals surface area contributed by atoms with E-state index < -0.39 is 21.9 Å². The Kier molecular flexibility index (Phi) is 9.61. The van der Waals surface area contributed by atoms with Crippen LogP contribution in [0.4, 0.5) is 10.1 Å². The minimum absolute atomic E-state index is 0.00554. The summed E-state index contributed by atoms with van der Waals surface area (Å²) in [6.07, 6.45) is 1.18. The number of hydrogen-bond donors (Lipinski definition) is 1. The molecule has 9 heteroatoms. The number of hydrogen-bond acceptors (Lipinski definition) is 4. The molecule has 2 amide bonds. The smallest absolute Gasteiger partial charge is 0.242 e. The molecule has 1 atom stereocenters. The molecule has 2 aromatic carbocycles. The average Bonchev–Trinajstić information content (AvgIpc) is 2.74. The summed E-state index contributed by atoms with van der Waals surface area (Å²) in [6.45, 7) is 7.51. The lowest BCUT2D eigenvalue weighted by Gasteiger charge is -2.30. The van der Waals surface area contributed by atoms with E-state index >= 15 is 0 Å². The highest BCUT2D eigenvalue weighted by atomic mass is 32.2. The summed E-state index contributed by atoms with van der Waals surface area (Å²) in [7, 11) is -3.75. The fourth-order valence-corrected chi connectivity index (χ4v) is 4.60. The highest BCUT2D eigenvalue weighted by Gasteiger charge is 2.27. The highest BCUT2D eigenvalue weighted by molar-refractivity contribution is 7.92. The molecule has 0 spiro atoms. The molecule has 0 bridgehead atoms. The van der Waals surface area contributed by atoms with Gasteiger partial charge in [0, 0.05) is 25.6 Å². The van der Waals surface area contributed by atoms with Crippen molar-refractivity contribution >= 4 is 27.5 Å². The number of anilines is 1. The Labute approximate surface area is 202 Å². The van der Waals surface area contributed by atoms with Gasteiger partial charge in [0.15, 0.2) is 0 Å². The van der Waals surface area contributed by atoms with Crippen molar-refractivity contribution in [1.29, 1.82) is 0 Å². The minimum atomic E-state index is -3.75. The maximum Gasteiger partial charge on any atom is 0.242 e. The molecule has 7 nitrogen and oxygen atoms in total. The zero-order chi connectivity index (χ0) is 25.5. The van der Waals surface area contributed by atoms with Gasteiger partial charge >= 0.3 is 0 Å². The number of benzene rings is 2. The molecule has 0 aliphatic rings. The van der Waals surface area contributed by atoms with E-state index in [-0.39, 0.29) is 49.5 Å². The van der Waals surface area contributed by atoms with Gasteiger partial charge in [-0.2, -0.15) is 0 Å². The van der Waals surface area contributed by atoms with Gasteiger partial charge in [0.25, 0.3) is 0 Å². The molecule has 0 aliphatic heterocycles. The zero-order valence-corrected chi connectivity index (χ0v) is 21.2. The van der Waals surface area contributed by atoms with E-state index in [1.165, 1.54) is 23.1 Å². The summed E-state index contributed by atoms with van der Waals surface area (Å²) < 4.78 is 39.8. The van der Waals surface area contributed by atoms with Gasteiger partial charge in [-0.15, -0.1) is 0 Å². The molecule has 2 aromatic rings. The SMILES string of the molecule is Cc1cccc(CN(C(=O)CCCN(c2ccccc2F)S(C)(=O)=O)[C@H](C)C(=O)NC(C)C)c1. The number of amides is 2. The number of aryl methyl sites for hydroxylation is 1. The summed E-state index contributed by atoms with van der Waals surface area (Å²) in [5, 5.41) is 2.83. The molecule has 1 N–H and O–H groups in total. The topological polar surface area (TPSA) is 86.8 Å². The quantitative estimate of drug-likeness (QED) is 0.520. The number of sulfonamides is 1. The largest absolute Gasteiger partial charge is 0.352 e. The van der Waals surface area contributed by atoms with E-state index in [9.17, 15) is 22.4 Å². The van der Waals surface area contributed by atoms with Crippen LogP contribution >= 0.6 is 0 Å². The van der Waals surface area contributed by atoms with Crippen LogP contribution in [0.5, 0.6) is 0 Å². The number of carbonyl (C=O) groups is 2. The van der Waals surface area contributed by atoms with E-state index in [0.717, 1.165) is 21.7 Å². The summed E-state index contributed by atoms with van der Waals surface area (Å²) >= 11 is 0. The number of nitrogens with one attached hydrogen (secondary N) is 1. The second-order valence-electron chi connectivity index (χ2n) is 8.74. The average molecular weight is 492 g/mol. The molecular formula is C25H34FN3O4S. The third-order valence-corrected chi connectivity index (χ3v) is 6.49. The number of carbonyl (C=O) groups excluding carboxylic acids is 2. The predicted octanol–water partition coefficient (Wildman–Crippen LogP) is 3.62. The number of nitrogens with zero attached hydrogens (tertiary/aromatic N) is 2. The first kappa shape index (κ1) is 27.3. The highest BCUT2D eigenvalue weighted by Crippen LogP contribution is 2.22. The van der Waals surface area contributed by atoms with Gasteiger partial charge in [-0.3, -0.25) is 13.9 Å². The Balaban J connectivity index is 2.18. The fourth-order valence-electron chi connectivity index (χ4n) is 3.63. The van der Waals surface area contributed by atoms with Crippen LogP contribution in [0.25, 0.3) is 0 Å². The molecule has 34 heavy (non-hydrogen) atoms. The van der Waals surface area contributed by atoms with Crippen LogP contribution in [-0.4, -0.2) is 50.0 Å². The Hall–Kier alpha value is -2.94. The van der Waals surface area contributed by atoms with Crippen molar-refractivity contribution < 1.29 is 22.4 Å². The van der Waals surface area contributed by atoms with Crippen molar-refractivity contribution in [3.8, 4) is 0 Å². The summed E-state index contributed by atoms with van der Waals surface area (Å²) in [5.74, 6) is -1.20. The van der Waals surface area contributed by atoms with E-state index in [1.54, 1.807) is 13.0 Å². The number of halogens is 1. The lowest BCUT2D eigenvalue weighted by molar-refractivity contribution is -0.140. The molecular weight excluding hydrogens is 457 g/mol. The lowest BCUT2D eigenvalue weighted by Crippen LogP contribution is -2.49. The van der Waals surface area contributed by atoms with Crippen LogP contribution < -0.4 is 9.62 Å². The van der Waals surface area contributed by atoms with Crippen molar-refractivity contribution in [2.75, 3.05) is 17.1 Å². The lowest BCUT2D eigenvalue weighted by atomic mass is 10.1. The van der Waals surface area contributed by atoms with Crippen LogP contribution in [0.1, 0.15) is 44.7 Å². The van der Waals surface area contributed by atoms with Gasteiger partial charge in [0.2, 0.25) is 21.8 Å². The van der Waals surface area contributed by atoms with Gasteiger partial charge in [0.1, 0.15) is 11.9 Å². The maximum atomic E-state index is 14.2. The van der Waals surface area contributed by atoms with Crippen molar-refractivity contribution in [2.45, 2.75) is 59.2 Å². The molecule has 2 rings (SSSR count). The van der Waals surface area contributed by atoms with Crippen LogP contribution in [0, 0.1) is 12.7 Å². The van der Waals surface area contributed by atoms with Gasteiger partial charge in [0.05, 0.1) is 11.9 Å². The summed E-state index contributed by atoms with van der Waals surface area (Å²) in [5.41, 5.74) is 1.87. The Morgan fingerprint density at radius 2 is 1.74 bits per heavy atom. The number of para-hydroxylation sites is 1. The summed E-state index contributed by atoms with van der Waals surface area (Å²) in [6, 6.07) is 12.5. The van der Waals surface area contributed by atoms with Crippen molar-refractivity contribution in [3.63, 3.8) is 0 Å². The Morgan fingerprint density at radius 1 is 1.06 bits per heavy atom. The van der Waals surface area contributed by atoms with Gasteiger partial charge in [-0.05, 0) is 51.8 Å². The van der Waals surface area contributed by atoms with E-state index in [0.29, 0.717) is 0 Å². The van der Waals surface area contributed by atoms with Gasteiger partial charge in [-0.25, -0.2) is 12.8 Å². The van der Waals surface area contributed by atoms with E-state index in [1.807, 2.05) is 45.0 Å². The van der Waals surface area contributed by atoms with Crippen molar-refractivity contribution in [1.82, 2.24) is 10.2 Å². The molecule has 0 heterocycles. The number of rotatable bonds is 11. The Morgan fingerprint density at radius 3 is 2.32 bits per heavy atom. The van der Waals surface area contributed by atoms with E-state index in [2.05, 4.69) is 5.32 Å². The molecule has 0 radical (unpaired) electrons. The Bertz CT molecular complexity index is 1100. The molecule has 0 fully saturated rings. The molecule has 0 aromatic heterocycles.